The van der Waals surface area contributed by atoms with Crippen LogP contribution < -0.4 is 4.72 Å². The zero-order valence-corrected chi connectivity index (χ0v) is 12.4. The van der Waals surface area contributed by atoms with E-state index >= 15 is 0 Å². The molecular weight excluding hydrogens is 260 g/mol. The highest BCUT2D eigenvalue weighted by atomic mass is 32.2. The fourth-order valence-electron chi connectivity index (χ4n) is 2.53. The number of nitrogens with zero attached hydrogens (tertiary/aromatic N) is 1. The van der Waals surface area contributed by atoms with Crippen molar-refractivity contribution < 1.29 is 8.42 Å². The highest BCUT2D eigenvalue weighted by molar-refractivity contribution is 7.88. The second kappa shape index (κ2) is 6.03. The summed E-state index contributed by atoms with van der Waals surface area (Å²) in [5, 5.41) is 0. The van der Waals surface area contributed by atoms with Gasteiger partial charge in [-0.2, -0.15) is 0 Å². The Morgan fingerprint density at radius 1 is 1.42 bits per heavy atom. The van der Waals surface area contributed by atoms with Gasteiger partial charge in [0, 0.05) is 12.6 Å². The first-order chi connectivity index (χ1) is 8.98. The van der Waals surface area contributed by atoms with Crippen molar-refractivity contribution in [3.05, 3.63) is 35.4 Å². The van der Waals surface area contributed by atoms with E-state index in [2.05, 4.69) is 16.5 Å². The molecule has 1 unspecified atom stereocenters. The summed E-state index contributed by atoms with van der Waals surface area (Å²) in [5.74, 6) is 0.0668. The molecule has 2 rings (SSSR count). The first kappa shape index (κ1) is 14.5. The summed E-state index contributed by atoms with van der Waals surface area (Å²) >= 11 is 0. The minimum absolute atomic E-state index is 0.0646. The van der Waals surface area contributed by atoms with Crippen LogP contribution in [0.5, 0.6) is 0 Å². The SMILES string of the molecule is CCN1CCC(NS(=O)(=O)Cc2cccc(C)c2)C1. The van der Waals surface area contributed by atoms with Gasteiger partial charge in [0.05, 0.1) is 5.75 Å². The van der Waals surface area contributed by atoms with Crippen molar-refractivity contribution in [3.63, 3.8) is 0 Å². The zero-order chi connectivity index (χ0) is 13.9. The molecule has 1 aliphatic heterocycles. The van der Waals surface area contributed by atoms with Crippen LogP contribution in [0.25, 0.3) is 0 Å². The second-order valence-corrected chi connectivity index (χ2v) is 7.00. The highest BCUT2D eigenvalue weighted by Gasteiger charge is 2.25. The molecule has 5 heteroatoms. The predicted molar refractivity (Wildman–Crippen MR) is 77.5 cm³/mol. The van der Waals surface area contributed by atoms with E-state index in [4.69, 9.17) is 0 Å². The number of hydrogen-bond acceptors (Lipinski definition) is 3. The molecular formula is C14H22N2O2S. The maximum Gasteiger partial charge on any atom is 0.216 e. The van der Waals surface area contributed by atoms with Crippen LogP contribution in [-0.2, 0) is 15.8 Å². The minimum Gasteiger partial charge on any atom is -0.302 e. The molecule has 0 bridgehead atoms. The minimum atomic E-state index is -3.24. The smallest absolute Gasteiger partial charge is 0.216 e. The van der Waals surface area contributed by atoms with Crippen LogP contribution in [-0.4, -0.2) is 39.0 Å². The molecule has 0 amide bonds. The average molecular weight is 282 g/mol. The number of rotatable bonds is 5. The van der Waals surface area contributed by atoms with Crippen LogP contribution in [0, 0.1) is 6.92 Å². The topological polar surface area (TPSA) is 49.4 Å². The summed E-state index contributed by atoms with van der Waals surface area (Å²) in [6.45, 7) is 6.86. The van der Waals surface area contributed by atoms with Gasteiger partial charge in [-0.15, -0.1) is 0 Å². The molecule has 0 radical (unpaired) electrons. The van der Waals surface area contributed by atoms with E-state index in [1.165, 1.54) is 0 Å². The van der Waals surface area contributed by atoms with E-state index in [9.17, 15) is 8.42 Å². The summed E-state index contributed by atoms with van der Waals surface area (Å²) < 4.78 is 27.1. The summed E-state index contributed by atoms with van der Waals surface area (Å²) in [7, 11) is -3.24. The molecule has 1 heterocycles. The van der Waals surface area contributed by atoms with Gasteiger partial charge in [-0.25, -0.2) is 13.1 Å². The van der Waals surface area contributed by atoms with Crippen molar-refractivity contribution in [2.45, 2.75) is 32.1 Å². The second-order valence-electron chi connectivity index (χ2n) is 5.24. The van der Waals surface area contributed by atoms with Gasteiger partial charge in [0.15, 0.2) is 0 Å². The number of aryl methyl sites for hydroxylation is 1. The molecule has 0 aromatic heterocycles. The number of sulfonamides is 1. The summed E-state index contributed by atoms with van der Waals surface area (Å²) in [6.07, 6.45) is 0.904. The van der Waals surface area contributed by atoms with Gasteiger partial charge in [-0.05, 0) is 32.0 Å². The lowest BCUT2D eigenvalue weighted by atomic mass is 10.2. The monoisotopic (exact) mass is 282 g/mol. The zero-order valence-electron chi connectivity index (χ0n) is 11.6. The molecule has 1 aliphatic rings. The Labute approximate surface area is 115 Å². The Kier molecular flexibility index (Phi) is 4.60. The van der Waals surface area contributed by atoms with Crippen molar-refractivity contribution in [2.75, 3.05) is 19.6 Å². The van der Waals surface area contributed by atoms with Crippen LogP contribution in [0.2, 0.25) is 0 Å². The van der Waals surface area contributed by atoms with Crippen LogP contribution >= 0.6 is 0 Å². The Balaban J connectivity index is 1.96. The van der Waals surface area contributed by atoms with Crippen LogP contribution in [0.15, 0.2) is 24.3 Å². The van der Waals surface area contributed by atoms with Crippen molar-refractivity contribution in [1.82, 2.24) is 9.62 Å². The maximum absolute atomic E-state index is 12.1. The molecule has 1 atom stereocenters. The van der Waals surface area contributed by atoms with E-state index < -0.39 is 10.0 Å². The lowest BCUT2D eigenvalue weighted by molar-refractivity contribution is 0.351. The number of benzene rings is 1. The lowest BCUT2D eigenvalue weighted by Gasteiger charge is -2.15. The maximum atomic E-state index is 12.1. The normalized spacial score (nSPS) is 20.8. The molecule has 1 fully saturated rings. The van der Waals surface area contributed by atoms with E-state index in [1.54, 1.807) is 0 Å². The Hall–Kier alpha value is -0.910. The van der Waals surface area contributed by atoms with Crippen molar-refractivity contribution in [2.24, 2.45) is 0 Å². The molecule has 1 N–H and O–H groups in total. The van der Waals surface area contributed by atoms with Crippen molar-refractivity contribution in [3.8, 4) is 0 Å². The lowest BCUT2D eigenvalue weighted by Crippen LogP contribution is -2.37. The molecule has 0 saturated carbocycles. The third kappa shape index (κ3) is 4.30. The molecule has 0 spiro atoms. The first-order valence-corrected chi connectivity index (χ1v) is 8.41. The third-order valence-electron chi connectivity index (χ3n) is 3.50. The summed E-state index contributed by atoms with van der Waals surface area (Å²) in [4.78, 5) is 2.26. The van der Waals surface area contributed by atoms with Gasteiger partial charge < -0.3 is 4.90 Å². The number of likely N-dealkylation sites (N-methyl/N-ethyl adjacent to an activating group) is 1. The fraction of sp³-hybridized carbons (Fsp3) is 0.571. The van der Waals surface area contributed by atoms with Gasteiger partial charge in [0.25, 0.3) is 0 Å². The quantitative estimate of drug-likeness (QED) is 0.890. The van der Waals surface area contributed by atoms with Gasteiger partial charge >= 0.3 is 0 Å². The van der Waals surface area contributed by atoms with E-state index in [1.807, 2.05) is 31.2 Å². The van der Waals surface area contributed by atoms with Crippen molar-refractivity contribution >= 4 is 10.0 Å². The molecule has 106 valence electrons. The standard InChI is InChI=1S/C14H22N2O2S/c1-3-16-8-7-14(10-16)15-19(17,18)11-13-6-4-5-12(2)9-13/h4-6,9,14-15H,3,7-8,10-11H2,1-2H3. The van der Waals surface area contributed by atoms with Gasteiger partial charge in [-0.1, -0.05) is 36.8 Å². The fourth-order valence-corrected chi connectivity index (χ4v) is 3.93. The first-order valence-electron chi connectivity index (χ1n) is 6.76. The van der Waals surface area contributed by atoms with E-state index in [0.29, 0.717) is 0 Å². The Morgan fingerprint density at radius 2 is 2.21 bits per heavy atom. The van der Waals surface area contributed by atoms with Crippen LogP contribution in [0.1, 0.15) is 24.5 Å². The summed E-state index contributed by atoms with van der Waals surface area (Å²) in [6, 6.07) is 7.72. The Bertz CT molecular complexity index is 528. The van der Waals surface area contributed by atoms with Crippen LogP contribution in [0.3, 0.4) is 0 Å². The Morgan fingerprint density at radius 3 is 2.84 bits per heavy atom. The average Bonchev–Trinajstić information content (AvgIpc) is 2.75. The van der Waals surface area contributed by atoms with Crippen LogP contribution in [0.4, 0.5) is 0 Å². The molecule has 1 aromatic carbocycles. The predicted octanol–water partition coefficient (Wildman–Crippen LogP) is 1.51. The van der Waals surface area contributed by atoms with Gasteiger partial charge in [0.2, 0.25) is 10.0 Å². The third-order valence-corrected chi connectivity index (χ3v) is 4.91. The molecule has 4 nitrogen and oxygen atoms in total. The molecule has 0 aliphatic carbocycles. The summed E-state index contributed by atoms with van der Waals surface area (Å²) in [5.41, 5.74) is 1.93. The molecule has 1 aromatic rings. The van der Waals surface area contributed by atoms with E-state index in [0.717, 1.165) is 37.2 Å². The highest BCUT2D eigenvalue weighted by Crippen LogP contribution is 2.12. The molecule has 1 saturated heterocycles. The van der Waals surface area contributed by atoms with Gasteiger partial charge in [-0.3, -0.25) is 0 Å². The number of hydrogen-bond donors (Lipinski definition) is 1. The van der Waals surface area contributed by atoms with Gasteiger partial charge in [0.1, 0.15) is 0 Å². The van der Waals surface area contributed by atoms with Crippen molar-refractivity contribution in [1.29, 1.82) is 0 Å². The number of nitrogens with one attached hydrogen (secondary N) is 1. The largest absolute Gasteiger partial charge is 0.302 e. The number of likely N-dealkylation sites (tertiary alicyclic amines) is 1. The molecule has 19 heavy (non-hydrogen) atoms. The van der Waals surface area contributed by atoms with E-state index in [-0.39, 0.29) is 11.8 Å².